The van der Waals surface area contributed by atoms with Crippen LogP contribution >= 0.6 is 28.1 Å². The van der Waals surface area contributed by atoms with Gasteiger partial charge in [0, 0.05) is 17.1 Å². The number of rotatable bonds is 5. The molecule has 0 saturated carbocycles. The van der Waals surface area contributed by atoms with E-state index in [-0.39, 0.29) is 10.7 Å². The van der Waals surface area contributed by atoms with Gasteiger partial charge in [0.25, 0.3) is 5.56 Å². The molecule has 32 heavy (non-hydrogen) atoms. The molecule has 0 amide bonds. The Morgan fingerprint density at radius 3 is 2.53 bits per heavy atom. The van der Waals surface area contributed by atoms with E-state index in [1.54, 1.807) is 9.36 Å². The molecule has 0 fully saturated rings. The number of hydrogen-bond acceptors (Lipinski definition) is 4. The van der Waals surface area contributed by atoms with Crippen LogP contribution in [0.5, 0.6) is 0 Å². The molecule has 7 nitrogen and oxygen atoms in total. The Balaban J connectivity index is 1.43. The molecule has 0 unspecified atom stereocenters. The summed E-state index contributed by atoms with van der Waals surface area (Å²) < 4.78 is 10.2. The number of hydrazone groups is 1. The third kappa shape index (κ3) is 4.58. The number of thiocarbonyl (C=S) groups is 1. The zero-order valence-corrected chi connectivity index (χ0v) is 19.8. The van der Waals surface area contributed by atoms with Crippen molar-refractivity contribution in [3.05, 3.63) is 93.0 Å². The maximum absolute atomic E-state index is 12.9. The normalized spacial score (nSPS) is 11.1. The van der Waals surface area contributed by atoms with Crippen molar-refractivity contribution in [2.24, 2.45) is 12.1 Å². The maximum atomic E-state index is 12.9. The number of benzene rings is 2. The van der Waals surface area contributed by atoms with Crippen LogP contribution in [0.25, 0.3) is 17.0 Å². The predicted molar refractivity (Wildman–Crippen MR) is 135 cm³/mol. The minimum Gasteiger partial charge on any atom is -0.455 e. The minimum absolute atomic E-state index is 0.200. The lowest BCUT2D eigenvalue weighted by Gasteiger charge is -2.07. The summed E-state index contributed by atoms with van der Waals surface area (Å²) in [5, 5.41) is 7.26. The average Bonchev–Trinajstić information content (AvgIpc) is 3.34. The van der Waals surface area contributed by atoms with Crippen molar-refractivity contribution < 1.29 is 4.42 Å². The first-order chi connectivity index (χ1) is 15.4. The number of furan rings is 1. The summed E-state index contributed by atoms with van der Waals surface area (Å²) in [6.45, 7) is 1.85. The molecule has 0 atom stereocenters. The minimum atomic E-state index is -0.200. The maximum Gasteiger partial charge on any atom is 0.295 e. The second kappa shape index (κ2) is 9.37. The first kappa shape index (κ1) is 21.8. The van der Waals surface area contributed by atoms with Gasteiger partial charge in [-0.05, 0) is 55.5 Å². The molecule has 0 radical (unpaired) electrons. The Labute approximate surface area is 198 Å². The number of nitrogens with zero attached hydrogens (tertiary/aromatic N) is 3. The summed E-state index contributed by atoms with van der Waals surface area (Å²) in [4.78, 5) is 12.9. The van der Waals surface area contributed by atoms with Crippen LogP contribution in [0.4, 0.5) is 5.69 Å². The third-order valence-corrected chi connectivity index (χ3v) is 5.63. The summed E-state index contributed by atoms with van der Waals surface area (Å²) in [7, 11) is 1.82. The monoisotopic (exact) mass is 509 g/mol. The van der Waals surface area contributed by atoms with E-state index in [9.17, 15) is 4.79 Å². The van der Waals surface area contributed by atoms with Crippen LogP contribution in [-0.4, -0.2) is 20.7 Å². The van der Waals surface area contributed by atoms with Gasteiger partial charge in [0.2, 0.25) is 0 Å². The number of aromatic nitrogens is 2. The highest BCUT2D eigenvalue weighted by Crippen LogP contribution is 2.23. The molecular formula is C23H20BrN5O2S. The zero-order chi connectivity index (χ0) is 22.7. The summed E-state index contributed by atoms with van der Waals surface area (Å²) in [5.41, 5.74) is 5.40. The first-order valence-electron chi connectivity index (χ1n) is 9.74. The molecule has 0 aliphatic heterocycles. The SMILES string of the molecule is Cc1c(NC(=S)N/N=C/c2ccc(-c3ccc(Br)cc3)o2)c(=O)n(-c2ccccc2)n1C. The van der Waals surface area contributed by atoms with Gasteiger partial charge in [-0.15, -0.1) is 0 Å². The number of para-hydroxylation sites is 1. The van der Waals surface area contributed by atoms with Crippen LogP contribution in [-0.2, 0) is 7.05 Å². The molecule has 9 heteroatoms. The molecule has 162 valence electrons. The molecule has 0 aliphatic rings. The van der Waals surface area contributed by atoms with E-state index < -0.39 is 0 Å². The Kier molecular flexibility index (Phi) is 6.38. The Morgan fingerprint density at radius 1 is 1.09 bits per heavy atom. The average molecular weight is 510 g/mol. The molecule has 2 N–H and O–H groups in total. The molecule has 0 bridgehead atoms. The second-order valence-corrected chi connectivity index (χ2v) is 8.29. The fourth-order valence-electron chi connectivity index (χ4n) is 3.20. The van der Waals surface area contributed by atoms with E-state index in [0.717, 1.165) is 27.2 Å². The highest BCUT2D eigenvalue weighted by Gasteiger charge is 2.16. The van der Waals surface area contributed by atoms with E-state index in [1.807, 2.05) is 80.7 Å². The Bertz CT molecular complexity index is 1340. The van der Waals surface area contributed by atoms with E-state index in [0.29, 0.717) is 11.4 Å². The van der Waals surface area contributed by atoms with E-state index in [4.69, 9.17) is 16.6 Å². The van der Waals surface area contributed by atoms with Gasteiger partial charge in [-0.2, -0.15) is 5.10 Å². The van der Waals surface area contributed by atoms with Crippen molar-refractivity contribution in [1.29, 1.82) is 0 Å². The van der Waals surface area contributed by atoms with Crippen LogP contribution in [0.15, 0.2) is 85.5 Å². The number of anilines is 1. The largest absolute Gasteiger partial charge is 0.455 e. The molecule has 0 spiro atoms. The Hall–Kier alpha value is -3.43. The molecular weight excluding hydrogens is 490 g/mol. The van der Waals surface area contributed by atoms with Crippen molar-refractivity contribution in [2.45, 2.75) is 6.92 Å². The third-order valence-electron chi connectivity index (χ3n) is 4.91. The summed E-state index contributed by atoms with van der Waals surface area (Å²) >= 11 is 8.73. The molecule has 2 aromatic heterocycles. The van der Waals surface area contributed by atoms with Gasteiger partial charge in [-0.25, -0.2) is 4.68 Å². The van der Waals surface area contributed by atoms with Gasteiger partial charge in [-0.3, -0.25) is 14.9 Å². The lowest BCUT2D eigenvalue weighted by Crippen LogP contribution is -2.28. The van der Waals surface area contributed by atoms with Crippen LogP contribution in [0.2, 0.25) is 0 Å². The van der Waals surface area contributed by atoms with E-state index in [2.05, 4.69) is 31.8 Å². The highest BCUT2D eigenvalue weighted by atomic mass is 79.9. The number of hydrogen-bond donors (Lipinski definition) is 2. The van der Waals surface area contributed by atoms with E-state index >= 15 is 0 Å². The van der Waals surface area contributed by atoms with Crippen molar-refractivity contribution in [1.82, 2.24) is 14.8 Å². The lowest BCUT2D eigenvalue weighted by molar-refractivity contribution is 0.574. The van der Waals surface area contributed by atoms with Crippen LogP contribution in [0, 0.1) is 6.92 Å². The summed E-state index contributed by atoms with van der Waals surface area (Å²) in [6.07, 6.45) is 1.52. The fraction of sp³-hybridized carbons (Fsp3) is 0.0870. The van der Waals surface area contributed by atoms with Crippen molar-refractivity contribution in [3.8, 4) is 17.0 Å². The van der Waals surface area contributed by atoms with Crippen LogP contribution in [0.3, 0.4) is 0 Å². The number of halogens is 1. The van der Waals surface area contributed by atoms with Gasteiger partial charge in [0.15, 0.2) is 5.11 Å². The van der Waals surface area contributed by atoms with Crippen molar-refractivity contribution in [3.63, 3.8) is 0 Å². The van der Waals surface area contributed by atoms with E-state index in [1.165, 1.54) is 6.21 Å². The smallest absolute Gasteiger partial charge is 0.295 e. The number of nitrogens with one attached hydrogen (secondary N) is 2. The topological polar surface area (TPSA) is 76.5 Å². The highest BCUT2D eigenvalue weighted by molar-refractivity contribution is 9.10. The predicted octanol–water partition coefficient (Wildman–Crippen LogP) is 4.83. The van der Waals surface area contributed by atoms with Crippen molar-refractivity contribution >= 4 is 45.2 Å². The molecule has 0 saturated heterocycles. The van der Waals surface area contributed by atoms with Gasteiger partial charge in [0.05, 0.1) is 17.6 Å². The second-order valence-electron chi connectivity index (χ2n) is 6.97. The van der Waals surface area contributed by atoms with Gasteiger partial charge in [-0.1, -0.05) is 46.3 Å². The van der Waals surface area contributed by atoms with Gasteiger partial charge < -0.3 is 9.73 Å². The lowest BCUT2D eigenvalue weighted by atomic mass is 10.2. The Morgan fingerprint density at radius 2 is 1.81 bits per heavy atom. The standard InChI is InChI=1S/C23H20BrN5O2S/c1-15-21(22(30)29(28(15)2)18-6-4-3-5-7-18)26-23(32)27-25-14-19-12-13-20(31-19)16-8-10-17(24)11-9-16/h3-14H,1-2H3,(H2,26,27,32)/b25-14+. The summed E-state index contributed by atoms with van der Waals surface area (Å²) in [6, 6.07) is 20.9. The van der Waals surface area contributed by atoms with Crippen LogP contribution < -0.4 is 16.3 Å². The molecule has 4 aromatic rings. The van der Waals surface area contributed by atoms with Gasteiger partial charge in [0.1, 0.15) is 17.2 Å². The zero-order valence-electron chi connectivity index (χ0n) is 17.4. The quantitative estimate of drug-likeness (QED) is 0.229. The molecule has 2 heterocycles. The van der Waals surface area contributed by atoms with Gasteiger partial charge >= 0.3 is 0 Å². The molecule has 4 rings (SSSR count). The van der Waals surface area contributed by atoms with Crippen LogP contribution in [0.1, 0.15) is 11.5 Å². The summed E-state index contributed by atoms with van der Waals surface area (Å²) in [5.74, 6) is 1.31. The fourth-order valence-corrected chi connectivity index (χ4v) is 3.62. The molecule has 2 aromatic carbocycles. The molecule has 0 aliphatic carbocycles. The van der Waals surface area contributed by atoms with Crippen molar-refractivity contribution in [2.75, 3.05) is 5.32 Å². The first-order valence-corrected chi connectivity index (χ1v) is 10.9.